The summed E-state index contributed by atoms with van der Waals surface area (Å²) < 4.78 is 106. The quantitative estimate of drug-likeness (QED) is 0.446. The molecule has 0 fully saturated rings. The first-order chi connectivity index (χ1) is 12.9. The van der Waals surface area contributed by atoms with Gasteiger partial charge in [0.2, 0.25) is 5.82 Å². The molecule has 0 aromatic heterocycles. The van der Waals surface area contributed by atoms with Crippen molar-refractivity contribution in [1.29, 1.82) is 0 Å². The van der Waals surface area contributed by atoms with Crippen LogP contribution in [0.3, 0.4) is 0 Å². The summed E-state index contributed by atoms with van der Waals surface area (Å²) in [7, 11) is 0. The number of rotatable bonds is 2. The average Bonchev–Trinajstić information content (AvgIpc) is 2.88. The predicted molar refractivity (Wildman–Crippen MR) is 75.4 cm³/mol. The van der Waals surface area contributed by atoms with Crippen molar-refractivity contribution >= 4 is 5.78 Å². The number of alkyl halides is 3. The fourth-order valence-corrected chi connectivity index (χ4v) is 3.10. The summed E-state index contributed by atoms with van der Waals surface area (Å²) in [6.45, 7) is 0. The van der Waals surface area contributed by atoms with Crippen molar-refractivity contribution in [3.05, 3.63) is 69.5 Å². The Bertz CT molecular complexity index is 956. The van der Waals surface area contributed by atoms with Crippen molar-refractivity contribution in [1.82, 2.24) is 0 Å². The van der Waals surface area contributed by atoms with Crippen molar-refractivity contribution in [2.75, 3.05) is 0 Å². The molecule has 2 aromatic rings. The first-order valence-electron chi connectivity index (χ1n) is 7.50. The molecule has 3 unspecified atom stereocenters. The number of aliphatic hydroxyl groups excluding tert-OH is 2. The molecule has 11 heteroatoms. The van der Waals surface area contributed by atoms with Crippen molar-refractivity contribution in [3.63, 3.8) is 0 Å². The highest BCUT2D eigenvalue weighted by atomic mass is 19.4. The van der Waals surface area contributed by atoms with Gasteiger partial charge in [0.15, 0.2) is 29.1 Å². The lowest BCUT2D eigenvalue weighted by molar-refractivity contribution is -0.137. The van der Waals surface area contributed by atoms with Crippen LogP contribution in [-0.2, 0) is 6.18 Å². The molecule has 150 valence electrons. The summed E-state index contributed by atoms with van der Waals surface area (Å²) in [5.41, 5.74) is -4.08. The van der Waals surface area contributed by atoms with Gasteiger partial charge in [0, 0.05) is 5.56 Å². The van der Waals surface area contributed by atoms with Gasteiger partial charge in [-0.25, -0.2) is 22.0 Å². The van der Waals surface area contributed by atoms with Gasteiger partial charge in [-0.15, -0.1) is 0 Å². The zero-order valence-corrected chi connectivity index (χ0v) is 13.3. The van der Waals surface area contributed by atoms with Crippen LogP contribution in [0.5, 0.6) is 0 Å². The first kappa shape index (κ1) is 20.2. The maximum Gasteiger partial charge on any atom is 0.416 e. The fourth-order valence-electron chi connectivity index (χ4n) is 3.10. The number of aliphatic hydroxyl groups is 2. The molecule has 3 rings (SSSR count). The topological polar surface area (TPSA) is 57.5 Å². The monoisotopic (exact) mass is 412 g/mol. The Hall–Kier alpha value is -2.53. The minimum absolute atomic E-state index is 0.406. The number of halogens is 8. The molecule has 3 atom stereocenters. The highest BCUT2D eigenvalue weighted by molar-refractivity contribution is 6.03. The molecule has 3 nitrogen and oxygen atoms in total. The van der Waals surface area contributed by atoms with Gasteiger partial charge in [0.05, 0.1) is 29.3 Å². The summed E-state index contributed by atoms with van der Waals surface area (Å²) in [4.78, 5) is 12.3. The van der Waals surface area contributed by atoms with Gasteiger partial charge in [0.25, 0.3) is 0 Å². The van der Waals surface area contributed by atoms with E-state index >= 15 is 0 Å². The minimum atomic E-state index is -4.84. The molecule has 1 aliphatic rings. The summed E-state index contributed by atoms with van der Waals surface area (Å²) in [5, 5.41) is 20.3. The Kier molecular flexibility index (Phi) is 4.71. The van der Waals surface area contributed by atoms with E-state index in [4.69, 9.17) is 0 Å². The van der Waals surface area contributed by atoms with Crippen molar-refractivity contribution in [3.8, 4) is 0 Å². The van der Waals surface area contributed by atoms with Crippen LogP contribution in [0.4, 0.5) is 35.1 Å². The van der Waals surface area contributed by atoms with E-state index in [2.05, 4.69) is 0 Å². The van der Waals surface area contributed by atoms with Crippen LogP contribution in [0.25, 0.3) is 0 Å². The molecule has 1 aliphatic carbocycles. The highest BCUT2D eigenvalue weighted by Gasteiger charge is 2.47. The summed E-state index contributed by atoms with van der Waals surface area (Å²) in [5.74, 6) is -15.5. The van der Waals surface area contributed by atoms with E-state index in [0.717, 1.165) is 0 Å². The lowest BCUT2D eigenvalue weighted by Crippen LogP contribution is -2.25. The molecule has 28 heavy (non-hydrogen) atoms. The predicted octanol–water partition coefficient (Wildman–Crippen LogP) is 3.98. The number of carbonyl (C=O) groups is 1. The van der Waals surface area contributed by atoms with Crippen LogP contribution < -0.4 is 0 Å². The summed E-state index contributed by atoms with van der Waals surface area (Å²) >= 11 is 0. The number of Topliss-reactive ketones (excluding diaryl/α,β-unsaturated/α-hetero) is 1. The van der Waals surface area contributed by atoms with E-state index in [1.54, 1.807) is 0 Å². The zero-order valence-electron chi connectivity index (χ0n) is 13.3. The second kappa shape index (κ2) is 6.52. The smallest absolute Gasteiger partial charge is 0.388 e. The van der Waals surface area contributed by atoms with Crippen molar-refractivity contribution in [2.24, 2.45) is 5.92 Å². The van der Waals surface area contributed by atoms with E-state index in [0.29, 0.717) is 18.2 Å². The van der Waals surface area contributed by atoms with E-state index in [1.165, 1.54) is 0 Å². The highest BCUT2D eigenvalue weighted by Crippen LogP contribution is 2.46. The van der Waals surface area contributed by atoms with Crippen LogP contribution in [0.2, 0.25) is 0 Å². The van der Waals surface area contributed by atoms with E-state index in [1.807, 2.05) is 0 Å². The molecule has 0 aliphatic heterocycles. The van der Waals surface area contributed by atoms with Gasteiger partial charge >= 0.3 is 6.18 Å². The molecule has 0 spiro atoms. The molecule has 2 aromatic carbocycles. The Morgan fingerprint density at radius 3 is 1.89 bits per heavy atom. The van der Waals surface area contributed by atoms with Crippen LogP contribution in [0.1, 0.15) is 39.3 Å². The minimum Gasteiger partial charge on any atom is -0.388 e. The lowest BCUT2D eigenvalue weighted by atomic mass is 9.89. The Morgan fingerprint density at radius 1 is 0.893 bits per heavy atom. The van der Waals surface area contributed by atoms with Crippen molar-refractivity contribution < 1.29 is 50.1 Å². The third-order valence-electron chi connectivity index (χ3n) is 4.49. The van der Waals surface area contributed by atoms with E-state index in [-0.39, 0.29) is 0 Å². The number of ketones is 1. The number of hydrogen-bond acceptors (Lipinski definition) is 3. The van der Waals surface area contributed by atoms with Crippen LogP contribution in [0.15, 0.2) is 18.2 Å². The van der Waals surface area contributed by atoms with Gasteiger partial charge in [-0.3, -0.25) is 4.79 Å². The zero-order chi connectivity index (χ0) is 21.1. The van der Waals surface area contributed by atoms with Gasteiger partial charge in [-0.05, 0) is 17.7 Å². The van der Waals surface area contributed by atoms with Crippen LogP contribution >= 0.6 is 0 Å². The van der Waals surface area contributed by atoms with Crippen molar-refractivity contribution in [2.45, 2.75) is 18.4 Å². The van der Waals surface area contributed by atoms with Gasteiger partial charge in [-0.2, -0.15) is 13.2 Å². The molecule has 0 radical (unpaired) electrons. The normalized spacial score (nSPS) is 20.4. The van der Waals surface area contributed by atoms with Gasteiger partial charge < -0.3 is 10.2 Å². The van der Waals surface area contributed by atoms with Gasteiger partial charge in [0.1, 0.15) is 0 Å². The van der Waals surface area contributed by atoms with E-state index < -0.39 is 81.4 Å². The summed E-state index contributed by atoms with van der Waals surface area (Å²) in [6, 6.07) is 1.61. The first-order valence-corrected chi connectivity index (χ1v) is 7.50. The molecule has 0 amide bonds. The Morgan fingerprint density at radius 2 is 1.39 bits per heavy atom. The maximum atomic E-state index is 13.9. The molecule has 0 bridgehead atoms. The van der Waals surface area contributed by atoms with Crippen LogP contribution in [-0.4, -0.2) is 16.0 Å². The fraction of sp³-hybridized carbons (Fsp3) is 0.235. The molecule has 0 saturated heterocycles. The number of hydrogen-bond donors (Lipinski definition) is 2. The second-order valence-electron chi connectivity index (χ2n) is 6.06. The van der Waals surface area contributed by atoms with Crippen LogP contribution in [0, 0.1) is 35.0 Å². The number of carbonyl (C=O) groups excluding carboxylic acids is 1. The molecule has 2 N–H and O–H groups in total. The maximum absolute atomic E-state index is 13.9. The summed E-state index contributed by atoms with van der Waals surface area (Å²) in [6.07, 6.45) is -9.72. The SMILES string of the molecule is O=C1c2ccc(C(F)(F)F)cc2C(O)C1C(O)c1c(F)c(F)c(F)c(F)c1F. The van der Waals surface area contributed by atoms with E-state index in [9.17, 15) is 50.1 Å². The molecule has 0 heterocycles. The average molecular weight is 412 g/mol. The molecule has 0 saturated carbocycles. The number of benzene rings is 2. The molecular formula is C17H8F8O3. The third kappa shape index (κ3) is 2.85. The largest absolute Gasteiger partial charge is 0.416 e. The lowest BCUT2D eigenvalue weighted by Gasteiger charge is -2.22. The third-order valence-corrected chi connectivity index (χ3v) is 4.49. The second-order valence-corrected chi connectivity index (χ2v) is 6.06. The Labute approximate surface area is 150 Å². The standard InChI is InChI=1S/C17H8F8O3/c18-9-7(10(19)12(21)13(22)11(9)20)16(28)8-14(26)5-2-1-4(17(23,24)25)3-6(5)15(8)27/h1-3,8,15-16,27-28H. The molecular weight excluding hydrogens is 404 g/mol. The number of fused-ring (bicyclic) bond motifs is 1. The van der Waals surface area contributed by atoms with Gasteiger partial charge in [-0.1, -0.05) is 6.07 Å². The Balaban J connectivity index is 2.10.